The number of carbonyl (C=O) groups excluding carboxylic acids is 1. The number of nitrogens with one attached hydrogen (secondary N) is 1. The molecule has 2 saturated carbocycles. The molecule has 1 heterocycles. The Kier molecular flexibility index (Phi) is 3.35. The summed E-state index contributed by atoms with van der Waals surface area (Å²) in [5, 5.41) is 12.5. The maximum Gasteiger partial charge on any atom is 0.268 e. The van der Waals surface area contributed by atoms with E-state index in [0.717, 1.165) is 25.0 Å². The van der Waals surface area contributed by atoms with E-state index in [0.29, 0.717) is 12.0 Å². The molecule has 0 unspecified atom stereocenters. The Bertz CT molecular complexity index is 458. The highest BCUT2D eigenvalue weighted by Crippen LogP contribution is 2.36. The third-order valence-electron chi connectivity index (χ3n) is 4.43. The first-order valence-electron chi connectivity index (χ1n) is 7.34. The van der Waals surface area contributed by atoms with Crippen molar-refractivity contribution in [2.24, 2.45) is 5.92 Å². The molecule has 1 atom stereocenters. The van der Waals surface area contributed by atoms with Crippen molar-refractivity contribution >= 4 is 5.91 Å². The Morgan fingerprint density at radius 3 is 2.84 bits per heavy atom. The number of hydrogen-bond donors (Lipinski definition) is 2. The largest absolute Gasteiger partial charge is 0.393 e. The molecule has 1 aromatic heterocycles. The highest BCUT2D eigenvalue weighted by molar-refractivity contribution is 5.93. The number of carbonyl (C=O) groups is 1. The van der Waals surface area contributed by atoms with Gasteiger partial charge >= 0.3 is 0 Å². The van der Waals surface area contributed by atoms with Crippen molar-refractivity contribution in [1.82, 2.24) is 9.88 Å². The second-order valence-electron chi connectivity index (χ2n) is 5.91. The molecular weight excluding hydrogens is 240 g/mol. The first-order chi connectivity index (χ1) is 9.19. The van der Waals surface area contributed by atoms with Crippen LogP contribution < -0.4 is 5.32 Å². The lowest BCUT2D eigenvalue weighted by Gasteiger charge is -2.37. The van der Waals surface area contributed by atoms with Crippen LogP contribution in [0.15, 0.2) is 18.3 Å². The lowest BCUT2D eigenvalue weighted by molar-refractivity contribution is 0.0231. The van der Waals surface area contributed by atoms with Gasteiger partial charge in [-0.25, -0.2) is 0 Å². The molecule has 0 bridgehead atoms. The van der Waals surface area contributed by atoms with Gasteiger partial charge in [0.25, 0.3) is 5.91 Å². The number of nitrogens with zero attached hydrogens (tertiary/aromatic N) is 1. The van der Waals surface area contributed by atoms with Crippen LogP contribution in [0, 0.1) is 5.92 Å². The number of amides is 1. The minimum Gasteiger partial charge on any atom is -0.393 e. The minimum atomic E-state index is -0.161. The molecule has 1 aromatic rings. The fourth-order valence-electron chi connectivity index (χ4n) is 3.01. The van der Waals surface area contributed by atoms with E-state index in [4.69, 9.17) is 0 Å². The summed E-state index contributed by atoms with van der Waals surface area (Å²) in [4.78, 5) is 12.4. The van der Waals surface area contributed by atoms with Crippen molar-refractivity contribution in [1.29, 1.82) is 0 Å². The van der Waals surface area contributed by atoms with Crippen LogP contribution >= 0.6 is 0 Å². The van der Waals surface area contributed by atoms with Gasteiger partial charge in [-0.05, 0) is 50.2 Å². The molecule has 4 nitrogen and oxygen atoms in total. The van der Waals surface area contributed by atoms with Crippen molar-refractivity contribution in [3.8, 4) is 0 Å². The predicted octanol–water partition coefficient (Wildman–Crippen LogP) is 2.10. The molecule has 4 heteroatoms. The van der Waals surface area contributed by atoms with E-state index in [1.54, 1.807) is 0 Å². The molecular formula is C15H22N2O2. The zero-order chi connectivity index (χ0) is 13.4. The van der Waals surface area contributed by atoms with Crippen molar-refractivity contribution < 1.29 is 9.90 Å². The van der Waals surface area contributed by atoms with Gasteiger partial charge in [0.1, 0.15) is 5.69 Å². The van der Waals surface area contributed by atoms with Crippen LogP contribution in [0.25, 0.3) is 0 Å². The quantitative estimate of drug-likeness (QED) is 0.854. The SMILES string of the molecule is CC[C@@H](NC(=O)c1cccn1C1CC1)C1CC(O)C1. The fourth-order valence-corrected chi connectivity index (χ4v) is 3.01. The molecule has 1 amide bonds. The Balaban J connectivity index is 1.64. The Morgan fingerprint density at radius 2 is 2.26 bits per heavy atom. The standard InChI is InChI=1S/C15H22N2O2/c1-2-13(10-8-12(18)9-10)16-15(19)14-4-3-7-17(14)11-5-6-11/h3-4,7,10-13,18H,2,5-6,8-9H2,1H3,(H,16,19)/t10?,12?,13-/m1/s1. The number of rotatable bonds is 5. The zero-order valence-corrected chi connectivity index (χ0v) is 11.4. The highest BCUT2D eigenvalue weighted by atomic mass is 16.3. The van der Waals surface area contributed by atoms with Gasteiger partial charge in [0.2, 0.25) is 0 Å². The maximum absolute atomic E-state index is 12.4. The van der Waals surface area contributed by atoms with Crippen molar-refractivity contribution in [2.45, 2.75) is 57.2 Å². The summed E-state index contributed by atoms with van der Waals surface area (Å²) in [5.74, 6) is 0.471. The lowest BCUT2D eigenvalue weighted by atomic mass is 9.76. The molecule has 0 aromatic carbocycles. The van der Waals surface area contributed by atoms with Gasteiger partial charge in [0, 0.05) is 18.3 Å². The smallest absolute Gasteiger partial charge is 0.268 e. The van der Waals surface area contributed by atoms with E-state index in [1.165, 1.54) is 12.8 Å². The van der Waals surface area contributed by atoms with Gasteiger partial charge in [-0.15, -0.1) is 0 Å². The van der Waals surface area contributed by atoms with Gasteiger partial charge in [0.05, 0.1) is 6.10 Å². The van der Waals surface area contributed by atoms with Crippen LogP contribution in [0.4, 0.5) is 0 Å². The molecule has 104 valence electrons. The minimum absolute atomic E-state index is 0.0325. The Labute approximate surface area is 113 Å². The van der Waals surface area contributed by atoms with Gasteiger partial charge in [-0.2, -0.15) is 0 Å². The summed E-state index contributed by atoms with van der Waals surface area (Å²) >= 11 is 0. The number of hydrogen-bond acceptors (Lipinski definition) is 2. The molecule has 2 fully saturated rings. The third kappa shape index (κ3) is 2.54. The normalized spacial score (nSPS) is 27.7. The van der Waals surface area contributed by atoms with Crippen molar-refractivity contribution in [3.05, 3.63) is 24.0 Å². The average molecular weight is 262 g/mol. The van der Waals surface area contributed by atoms with Crippen molar-refractivity contribution in [3.63, 3.8) is 0 Å². The van der Waals surface area contributed by atoms with Crippen molar-refractivity contribution in [2.75, 3.05) is 0 Å². The van der Waals surface area contributed by atoms with E-state index in [1.807, 2.05) is 18.3 Å². The van der Waals surface area contributed by atoms with Crippen LogP contribution in [0.1, 0.15) is 55.6 Å². The summed E-state index contributed by atoms with van der Waals surface area (Å²) in [6.45, 7) is 2.09. The summed E-state index contributed by atoms with van der Waals surface area (Å²) in [6.07, 6.45) is 6.77. The zero-order valence-electron chi connectivity index (χ0n) is 11.4. The third-order valence-corrected chi connectivity index (χ3v) is 4.43. The van der Waals surface area contributed by atoms with E-state index >= 15 is 0 Å². The van der Waals surface area contributed by atoms with Gasteiger partial charge in [0.15, 0.2) is 0 Å². The van der Waals surface area contributed by atoms with Crippen LogP contribution in [0.2, 0.25) is 0 Å². The molecule has 0 radical (unpaired) electrons. The van der Waals surface area contributed by atoms with Crippen LogP contribution in [0.3, 0.4) is 0 Å². The number of aliphatic hydroxyl groups excluding tert-OH is 1. The molecule has 3 rings (SSSR count). The number of aromatic nitrogens is 1. The monoisotopic (exact) mass is 262 g/mol. The summed E-state index contributed by atoms with van der Waals surface area (Å²) in [6, 6.07) is 4.57. The van der Waals surface area contributed by atoms with E-state index in [2.05, 4.69) is 16.8 Å². The molecule has 2 aliphatic carbocycles. The van der Waals surface area contributed by atoms with Gasteiger partial charge in [-0.3, -0.25) is 4.79 Å². The maximum atomic E-state index is 12.4. The van der Waals surface area contributed by atoms with Crippen LogP contribution in [-0.4, -0.2) is 27.7 Å². The Hall–Kier alpha value is -1.29. The molecule has 0 spiro atoms. The van der Waals surface area contributed by atoms with E-state index < -0.39 is 0 Å². The van der Waals surface area contributed by atoms with E-state index in [9.17, 15) is 9.90 Å². The second-order valence-corrected chi connectivity index (χ2v) is 5.91. The van der Waals surface area contributed by atoms with Crippen LogP contribution in [-0.2, 0) is 0 Å². The lowest BCUT2D eigenvalue weighted by Crippen LogP contribution is -2.47. The summed E-state index contributed by atoms with van der Waals surface area (Å²) in [7, 11) is 0. The first kappa shape index (κ1) is 12.7. The molecule has 0 saturated heterocycles. The highest BCUT2D eigenvalue weighted by Gasteiger charge is 2.34. The molecule has 0 aliphatic heterocycles. The van der Waals surface area contributed by atoms with E-state index in [-0.39, 0.29) is 18.1 Å². The Morgan fingerprint density at radius 1 is 1.53 bits per heavy atom. The summed E-state index contributed by atoms with van der Waals surface area (Å²) in [5.41, 5.74) is 0.779. The molecule has 19 heavy (non-hydrogen) atoms. The molecule has 2 N–H and O–H groups in total. The fraction of sp³-hybridized carbons (Fsp3) is 0.667. The first-order valence-corrected chi connectivity index (χ1v) is 7.34. The predicted molar refractivity (Wildman–Crippen MR) is 73.0 cm³/mol. The topological polar surface area (TPSA) is 54.3 Å². The van der Waals surface area contributed by atoms with Gasteiger partial charge in [-0.1, -0.05) is 6.92 Å². The summed E-state index contributed by atoms with van der Waals surface area (Å²) < 4.78 is 2.09. The number of aliphatic hydroxyl groups is 1. The van der Waals surface area contributed by atoms with Crippen LogP contribution in [0.5, 0.6) is 0 Å². The average Bonchev–Trinajstić information content (AvgIpc) is 3.09. The van der Waals surface area contributed by atoms with Gasteiger partial charge < -0.3 is 15.0 Å². The second kappa shape index (κ2) is 5.00. The molecule has 2 aliphatic rings.